The molecule has 2 aromatic rings. The monoisotopic (exact) mass is 249 g/mol. The van der Waals surface area contributed by atoms with Gasteiger partial charge in [0.2, 0.25) is 0 Å². The molecule has 0 saturated carbocycles. The molecule has 2 rings (SSSR count). The highest BCUT2D eigenvalue weighted by molar-refractivity contribution is 5.29. The quantitative estimate of drug-likeness (QED) is 0.884. The minimum Gasteiger partial charge on any atom is -0.494 e. The lowest BCUT2D eigenvalue weighted by Crippen LogP contribution is -2.12. The second-order valence-electron chi connectivity index (χ2n) is 4.08. The zero-order valence-corrected chi connectivity index (χ0v) is 10.5. The Bertz CT molecular complexity index is 522. The molecule has 4 heteroatoms. The van der Waals surface area contributed by atoms with Crippen molar-refractivity contribution >= 4 is 0 Å². The third-order valence-corrected chi connectivity index (χ3v) is 2.64. The summed E-state index contributed by atoms with van der Waals surface area (Å²) in [6.45, 7) is 3.12. The fraction of sp³-hybridized carbons (Fsp3) is 0.286. The number of halogens is 1. The molecule has 1 aromatic carbocycles. The van der Waals surface area contributed by atoms with Gasteiger partial charge in [0.1, 0.15) is 11.5 Å². The number of benzene rings is 1. The van der Waals surface area contributed by atoms with Gasteiger partial charge in [-0.05, 0) is 36.8 Å². The fourth-order valence-electron chi connectivity index (χ4n) is 1.73. The van der Waals surface area contributed by atoms with E-state index in [1.165, 1.54) is 13.2 Å². The van der Waals surface area contributed by atoms with E-state index in [2.05, 4.69) is 5.32 Å². The normalized spacial score (nSPS) is 10.6. The Morgan fingerprint density at radius 2 is 2.06 bits per heavy atom. The zero-order valence-electron chi connectivity index (χ0n) is 10.5. The van der Waals surface area contributed by atoms with Crippen LogP contribution in [-0.4, -0.2) is 7.11 Å². The first-order valence-corrected chi connectivity index (χ1v) is 5.77. The Balaban J connectivity index is 1.88. The number of ether oxygens (including phenoxy) is 1. The SMILES string of the molecule is COc1ccc(CNCc2ccc(C)o2)cc1F. The van der Waals surface area contributed by atoms with Crippen molar-refractivity contribution in [2.45, 2.75) is 20.0 Å². The minimum absolute atomic E-state index is 0.264. The molecule has 18 heavy (non-hydrogen) atoms. The minimum atomic E-state index is -0.342. The van der Waals surface area contributed by atoms with Crippen LogP contribution in [0.25, 0.3) is 0 Å². The van der Waals surface area contributed by atoms with Gasteiger partial charge in [-0.2, -0.15) is 0 Å². The van der Waals surface area contributed by atoms with E-state index in [0.29, 0.717) is 13.1 Å². The molecule has 0 amide bonds. The van der Waals surface area contributed by atoms with E-state index in [-0.39, 0.29) is 11.6 Å². The van der Waals surface area contributed by atoms with Crippen LogP contribution < -0.4 is 10.1 Å². The summed E-state index contributed by atoms with van der Waals surface area (Å²) in [5, 5.41) is 3.19. The third-order valence-electron chi connectivity index (χ3n) is 2.64. The Hall–Kier alpha value is -1.81. The molecule has 1 heterocycles. The molecule has 1 aromatic heterocycles. The number of aryl methyl sites for hydroxylation is 1. The highest BCUT2D eigenvalue weighted by Crippen LogP contribution is 2.17. The van der Waals surface area contributed by atoms with Crippen LogP contribution in [0.5, 0.6) is 5.75 Å². The van der Waals surface area contributed by atoms with Crippen molar-refractivity contribution in [3.8, 4) is 5.75 Å². The molecule has 0 spiro atoms. The molecule has 0 saturated heterocycles. The van der Waals surface area contributed by atoms with Crippen molar-refractivity contribution in [1.82, 2.24) is 5.32 Å². The number of rotatable bonds is 5. The van der Waals surface area contributed by atoms with Crippen molar-refractivity contribution in [2.24, 2.45) is 0 Å². The van der Waals surface area contributed by atoms with Crippen LogP contribution >= 0.6 is 0 Å². The molecule has 1 N–H and O–H groups in total. The van der Waals surface area contributed by atoms with Crippen LogP contribution in [-0.2, 0) is 13.1 Å². The van der Waals surface area contributed by atoms with Gasteiger partial charge in [-0.1, -0.05) is 6.07 Å². The van der Waals surface area contributed by atoms with Gasteiger partial charge in [-0.15, -0.1) is 0 Å². The maximum atomic E-state index is 13.4. The number of furan rings is 1. The lowest BCUT2D eigenvalue weighted by Gasteiger charge is -2.06. The Morgan fingerprint density at radius 1 is 1.22 bits per heavy atom. The molecule has 0 unspecified atom stereocenters. The number of nitrogens with one attached hydrogen (secondary N) is 1. The van der Waals surface area contributed by atoms with Gasteiger partial charge >= 0.3 is 0 Å². The maximum Gasteiger partial charge on any atom is 0.165 e. The summed E-state index contributed by atoms with van der Waals surface area (Å²) in [4.78, 5) is 0. The predicted molar refractivity (Wildman–Crippen MR) is 66.9 cm³/mol. The molecule has 0 aliphatic carbocycles. The van der Waals surface area contributed by atoms with E-state index in [9.17, 15) is 4.39 Å². The number of methoxy groups -OCH3 is 1. The maximum absolute atomic E-state index is 13.4. The van der Waals surface area contributed by atoms with Crippen molar-refractivity contribution in [1.29, 1.82) is 0 Å². The molecular formula is C14H16FNO2. The molecule has 96 valence electrons. The summed E-state index contributed by atoms with van der Waals surface area (Å²) in [5.41, 5.74) is 0.872. The molecular weight excluding hydrogens is 233 g/mol. The fourth-order valence-corrected chi connectivity index (χ4v) is 1.73. The van der Waals surface area contributed by atoms with Gasteiger partial charge < -0.3 is 14.5 Å². The zero-order chi connectivity index (χ0) is 13.0. The molecule has 0 aliphatic rings. The van der Waals surface area contributed by atoms with Gasteiger partial charge in [-0.25, -0.2) is 4.39 Å². The van der Waals surface area contributed by atoms with Gasteiger partial charge in [-0.3, -0.25) is 0 Å². The Kier molecular flexibility index (Phi) is 3.99. The smallest absolute Gasteiger partial charge is 0.165 e. The van der Waals surface area contributed by atoms with Gasteiger partial charge in [0.05, 0.1) is 13.7 Å². The first-order valence-electron chi connectivity index (χ1n) is 5.77. The van der Waals surface area contributed by atoms with E-state index in [1.807, 2.05) is 25.1 Å². The van der Waals surface area contributed by atoms with Crippen molar-refractivity contribution < 1.29 is 13.5 Å². The summed E-state index contributed by atoms with van der Waals surface area (Å²) in [6, 6.07) is 8.78. The topological polar surface area (TPSA) is 34.4 Å². The van der Waals surface area contributed by atoms with Gasteiger partial charge in [0.15, 0.2) is 11.6 Å². The Labute approximate surface area is 106 Å². The van der Waals surface area contributed by atoms with E-state index in [4.69, 9.17) is 9.15 Å². The molecule has 0 atom stereocenters. The van der Waals surface area contributed by atoms with Crippen molar-refractivity contribution in [2.75, 3.05) is 7.11 Å². The largest absolute Gasteiger partial charge is 0.494 e. The molecule has 3 nitrogen and oxygen atoms in total. The lowest BCUT2D eigenvalue weighted by atomic mass is 10.2. The van der Waals surface area contributed by atoms with Crippen LogP contribution in [0.4, 0.5) is 4.39 Å². The van der Waals surface area contributed by atoms with Gasteiger partial charge in [0.25, 0.3) is 0 Å². The Morgan fingerprint density at radius 3 is 2.67 bits per heavy atom. The predicted octanol–water partition coefficient (Wildman–Crippen LogP) is 3.03. The highest BCUT2D eigenvalue weighted by atomic mass is 19.1. The summed E-state index contributed by atoms with van der Waals surface area (Å²) >= 11 is 0. The first-order chi connectivity index (χ1) is 8.69. The first kappa shape index (κ1) is 12.6. The van der Waals surface area contributed by atoms with Crippen LogP contribution in [0.2, 0.25) is 0 Å². The summed E-state index contributed by atoms with van der Waals surface area (Å²) in [5.74, 6) is 1.69. The van der Waals surface area contributed by atoms with Crippen LogP contribution in [0.15, 0.2) is 34.7 Å². The molecule has 0 radical (unpaired) electrons. The number of hydrogen-bond donors (Lipinski definition) is 1. The summed E-state index contributed by atoms with van der Waals surface area (Å²) < 4.78 is 23.7. The van der Waals surface area contributed by atoms with Crippen molar-refractivity contribution in [3.63, 3.8) is 0 Å². The molecule has 0 fully saturated rings. The summed E-state index contributed by atoms with van der Waals surface area (Å²) in [6.07, 6.45) is 0. The average Bonchev–Trinajstić information content (AvgIpc) is 2.75. The van der Waals surface area contributed by atoms with Crippen molar-refractivity contribution in [3.05, 3.63) is 53.2 Å². The van der Waals surface area contributed by atoms with Gasteiger partial charge in [0, 0.05) is 6.54 Å². The van der Waals surface area contributed by atoms with E-state index in [1.54, 1.807) is 6.07 Å². The van der Waals surface area contributed by atoms with Crippen LogP contribution in [0.3, 0.4) is 0 Å². The van der Waals surface area contributed by atoms with E-state index in [0.717, 1.165) is 17.1 Å². The standard InChI is InChI=1S/C14H16FNO2/c1-10-3-5-12(18-10)9-16-8-11-4-6-14(17-2)13(15)7-11/h3-7,16H,8-9H2,1-2H3. The lowest BCUT2D eigenvalue weighted by molar-refractivity contribution is 0.386. The highest BCUT2D eigenvalue weighted by Gasteiger charge is 2.03. The van der Waals surface area contributed by atoms with Crippen LogP contribution in [0.1, 0.15) is 17.1 Å². The second kappa shape index (κ2) is 5.69. The second-order valence-corrected chi connectivity index (χ2v) is 4.08. The molecule has 0 bridgehead atoms. The average molecular weight is 249 g/mol. The number of hydrogen-bond acceptors (Lipinski definition) is 3. The molecule has 0 aliphatic heterocycles. The summed E-state index contributed by atoms with van der Waals surface area (Å²) in [7, 11) is 1.45. The third kappa shape index (κ3) is 3.11. The van der Waals surface area contributed by atoms with Crippen LogP contribution in [0, 0.1) is 12.7 Å². The van der Waals surface area contributed by atoms with E-state index >= 15 is 0 Å². The van der Waals surface area contributed by atoms with E-state index < -0.39 is 0 Å².